The van der Waals surface area contributed by atoms with Crippen LogP contribution >= 0.6 is 0 Å². The van der Waals surface area contributed by atoms with Gasteiger partial charge in [0.15, 0.2) is 0 Å². The standard InChI is InChI=1S/C10H12.C2H6.CH2O2/c1-8-2-4-9(5-3-8)10-6-7-10;1-2;2-1-3/h2-5,10H,6-7H2,1H3;1-2H3;1H,(H,2,3). The van der Waals surface area contributed by atoms with Crippen LogP contribution in [-0.4, -0.2) is 11.6 Å². The second-order valence-corrected chi connectivity index (χ2v) is 3.29. The van der Waals surface area contributed by atoms with E-state index in [4.69, 9.17) is 9.90 Å². The van der Waals surface area contributed by atoms with E-state index in [0.717, 1.165) is 5.92 Å². The molecule has 0 unspecified atom stereocenters. The smallest absolute Gasteiger partial charge is 0.290 e. The number of carboxylic acid groups (broad SMARTS) is 1. The molecule has 1 aliphatic rings. The van der Waals surface area contributed by atoms with E-state index in [2.05, 4.69) is 31.2 Å². The number of hydrogen-bond donors (Lipinski definition) is 1. The van der Waals surface area contributed by atoms with Crippen LogP contribution in [0.4, 0.5) is 0 Å². The van der Waals surface area contributed by atoms with Crippen LogP contribution in [0.2, 0.25) is 0 Å². The molecule has 1 fully saturated rings. The maximum atomic E-state index is 8.36. The first-order chi connectivity index (χ1) is 7.27. The minimum atomic E-state index is -0.250. The Morgan fingerprint density at radius 3 is 1.93 bits per heavy atom. The van der Waals surface area contributed by atoms with Gasteiger partial charge in [0.1, 0.15) is 0 Å². The number of benzene rings is 1. The molecule has 0 heterocycles. The topological polar surface area (TPSA) is 37.3 Å². The second-order valence-electron chi connectivity index (χ2n) is 3.29. The molecule has 1 aliphatic carbocycles. The minimum absolute atomic E-state index is 0.250. The predicted molar refractivity (Wildman–Crippen MR) is 63.2 cm³/mol. The van der Waals surface area contributed by atoms with E-state index in [1.807, 2.05) is 13.8 Å². The van der Waals surface area contributed by atoms with E-state index in [1.54, 1.807) is 0 Å². The van der Waals surface area contributed by atoms with Gasteiger partial charge in [0, 0.05) is 0 Å². The molecule has 2 nitrogen and oxygen atoms in total. The molecule has 2 heteroatoms. The Morgan fingerprint density at radius 2 is 1.60 bits per heavy atom. The van der Waals surface area contributed by atoms with Crippen LogP contribution in [0.25, 0.3) is 0 Å². The number of aryl methyl sites for hydroxylation is 1. The summed E-state index contributed by atoms with van der Waals surface area (Å²) in [6, 6.07) is 8.92. The highest BCUT2D eigenvalue weighted by molar-refractivity contribution is 5.32. The molecular weight excluding hydrogens is 188 g/mol. The van der Waals surface area contributed by atoms with Gasteiger partial charge in [-0.25, -0.2) is 0 Å². The summed E-state index contributed by atoms with van der Waals surface area (Å²) in [5.74, 6) is 0.903. The van der Waals surface area contributed by atoms with Gasteiger partial charge in [-0.05, 0) is 31.2 Å². The van der Waals surface area contributed by atoms with E-state index in [-0.39, 0.29) is 6.47 Å². The van der Waals surface area contributed by atoms with Gasteiger partial charge in [0.25, 0.3) is 6.47 Å². The monoisotopic (exact) mass is 208 g/mol. The molecule has 2 rings (SSSR count). The second kappa shape index (κ2) is 8.04. The molecular formula is C13H20O2. The Kier molecular flexibility index (Phi) is 7.33. The Morgan fingerprint density at radius 1 is 1.20 bits per heavy atom. The highest BCUT2D eigenvalue weighted by atomic mass is 16.3. The summed E-state index contributed by atoms with van der Waals surface area (Å²) in [6.07, 6.45) is 2.81. The van der Waals surface area contributed by atoms with Gasteiger partial charge in [-0.2, -0.15) is 0 Å². The molecule has 0 amide bonds. The van der Waals surface area contributed by atoms with Gasteiger partial charge in [0.05, 0.1) is 0 Å². The molecule has 15 heavy (non-hydrogen) atoms. The molecule has 0 radical (unpaired) electrons. The molecule has 1 N–H and O–H groups in total. The summed E-state index contributed by atoms with van der Waals surface area (Å²) in [4.78, 5) is 8.36. The summed E-state index contributed by atoms with van der Waals surface area (Å²) in [7, 11) is 0. The normalized spacial score (nSPS) is 12.7. The molecule has 1 aromatic carbocycles. The van der Waals surface area contributed by atoms with Gasteiger partial charge in [-0.1, -0.05) is 43.7 Å². The Labute approximate surface area is 91.9 Å². The fraction of sp³-hybridized carbons (Fsp3) is 0.462. The van der Waals surface area contributed by atoms with Crippen LogP contribution in [0.1, 0.15) is 43.7 Å². The van der Waals surface area contributed by atoms with E-state index in [0.29, 0.717) is 0 Å². The lowest BCUT2D eigenvalue weighted by Crippen LogP contribution is -1.77. The molecule has 84 valence electrons. The third-order valence-corrected chi connectivity index (χ3v) is 2.13. The summed E-state index contributed by atoms with van der Waals surface area (Å²) in [5, 5.41) is 6.89. The van der Waals surface area contributed by atoms with Crippen LogP contribution in [0, 0.1) is 6.92 Å². The van der Waals surface area contributed by atoms with Crippen molar-refractivity contribution in [1.29, 1.82) is 0 Å². The van der Waals surface area contributed by atoms with Crippen molar-refractivity contribution in [2.24, 2.45) is 0 Å². The van der Waals surface area contributed by atoms with Crippen LogP contribution < -0.4 is 0 Å². The predicted octanol–water partition coefficient (Wildman–Crippen LogP) is 3.60. The van der Waals surface area contributed by atoms with Gasteiger partial charge in [0.2, 0.25) is 0 Å². The summed E-state index contributed by atoms with van der Waals surface area (Å²) in [6.45, 7) is 5.89. The summed E-state index contributed by atoms with van der Waals surface area (Å²) < 4.78 is 0. The van der Waals surface area contributed by atoms with Crippen LogP contribution in [0.15, 0.2) is 24.3 Å². The molecule has 1 aromatic rings. The van der Waals surface area contributed by atoms with E-state index < -0.39 is 0 Å². The SMILES string of the molecule is CC.Cc1ccc(C2CC2)cc1.O=CO. The van der Waals surface area contributed by atoms with E-state index in [9.17, 15) is 0 Å². The van der Waals surface area contributed by atoms with Crippen molar-refractivity contribution in [1.82, 2.24) is 0 Å². The lowest BCUT2D eigenvalue weighted by atomic mass is 10.1. The first kappa shape index (κ1) is 13.7. The lowest BCUT2D eigenvalue weighted by Gasteiger charge is -1.96. The number of carbonyl (C=O) groups is 1. The van der Waals surface area contributed by atoms with Gasteiger partial charge in [-0.15, -0.1) is 0 Å². The zero-order chi connectivity index (χ0) is 11.7. The van der Waals surface area contributed by atoms with Gasteiger partial charge >= 0.3 is 0 Å². The van der Waals surface area contributed by atoms with Gasteiger partial charge < -0.3 is 5.11 Å². The molecule has 1 saturated carbocycles. The third-order valence-electron chi connectivity index (χ3n) is 2.13. The first-order valence-corrected chi connectivity index (χ1v) is 5.42. The van der Waals surface area contributed by atoms with Gasteiger partial charge in [-0.3, -0.25) is 4.79 Å². The molecule has 0 spiro atoms. The van der Waals surface area contributed by atoms with Crippen molar-refractivity contribution in [3.8, 4) is 0 Å². The fourth-order valence-corrected chi connectivity index (χ4v) is 1.26. The Bertz CT molecular complexity index is 260. The molecule has 0 saturated heterocycles. The first-order valence-electron chi connectivity index (χ1n) is 5.42. The van der Waals surface area contributed by atoms with Crippen molar-refractivity contribution in [2.45, 2.75) is 39.5 Å². The van der Waals surface area contributed by atoms with Crippen molar-refractivity contribution in [3.63, 3.8) is 0 Å². The van der Waals surface area contributed by atoms with Crippen molar-refractivity contribution >= 4 is 6.47 Å². The average Bonchev–Trinajstić information content (AvgIpc) is 3.07. The van der Waals surface area contributed by atoms with Crippen molar-refractivity contribution in [3.05, 3.63) is 35.4 Å². The van der Waals surface area contributed by atoms with Crippen LogP contribution in [0.3, 0.4) is 0 Å². The Hall–Kier alpha value is -1.31. The number of hydrogen-bond acceptors (Lipinski definition) is 1. The number of rotatable bonds is 1. The lowest BCUT2D eigenvalue weighted by molar-refractivity contribution is -0.122. The highest BCUT2D eigenvalue weighted by Crippen LogP contribution is 2.39. The zero-order valence-corrected chi connectivity index (χ0v) is 9.73. The minimum Gasteiger partial charge on any atom is -0.483 e. The highest BCUT2D eigenvalue weighted by Gasteiger charge is 2.22. The quantitative estimate of drug-likeness (QED) is 0.716. The third kappa shape index (κ3) is 5.89. The van der Waals surface area contributed by atoms with Crippen molar-refractivity contribution < 1.29 is 9.90 Å². The Balaban J connectivity index is 0.000000342. The maximum absolute atomic E-state index is 8.36. The average molecular weight is 208 g/mol. The summed E-state index contributed by atoms with van der Waals surface area (Å²) in [5.41, 5.74) is 2.90. The van der Waals surface area contributed by atoms with Crippen molar-refractivity contribution in [2.75, 3.05) is 0 Å². The van der Waals surface area contributed by atoms with E-state index in [1.165, 1.54) is 24.0 Å². The zero-order valence-electron chi connectivity index (χ0n) is 9.73. The molecule has 0 aromatic heterocycles. The summed E-state index contributed by atoms with van der Waals surface area (Å²) >= 11 is 0. The van der Waals surface area contributed by atoms with E-state index >= 15 is 0 Å². The van der Waals surface area contributed by atoms with Crippen LogP contribution in [0.5, 0.6) is 0 Å². The largest absolute Gasteiger partial charge is 0.483 e. The maximum Gasteiger partial charge on any atom is 0.290 e. The molecule has 0 bridgehead atoms. The fourth-order valence-electron chi connectivity index (χ4n) is 1.26. The molecule has 0 atom stereocenters. The molecule has 0 aliphatic heterocycles. The van der Waals surface area contributed by atoms with Crippen LogP contribution in [-0.2, 0) is 4.79 Å².